The highest BCUT2D eigenvalue weighted by molar-refractivity contribution is 7.14. The number of rotatable bonds is 2. The molecule has 3 rings (SSSR count). The molecule has 0 radical (unpaired) electrons. The van der Waals surface area contributed by atoms with Crippen LogP contribution in [0.2, 0.25) is 0 Å². The Morgan fingerprint density at radius 1 is 1.37 bits per heavy atom. The first-order valence-electron chi connectivity index (χ1n) is 6.70. The van der Waals surface area contributed by atoms with Gasteiger partial charge in [-0.1, -0.05) is 6.92 Å². The number of hydrogen-bond donors (Lipinski definition) is 1. The van der Waals surface area contributed by atoms with E-state index in [-0.39, 0.29) is 11.8 Å². The van der Waals surface area contributed by atoms with E-state index in [1.54, 1.807) is 16.2 Å². The maximum Gasteiger partial charge on any atom is 0.308 e. The Bertz CT molecular complexity index is 515. The minimum Gasteiger partial charge on any atom is -0.481 e. The van der Waals surface area contributed by atoms with Crippen LogP contribution in [-0.2, 0) is 17.6 Å². The Hall–Kier alpha value is -1.36. The lowest BCUT2D eigenvalue weighted by atomic mass is 9.99. The lowest BCUT2D eigenvalue weighted by Crippen LogP contribution is -2.29. The Labute approximate surface area is 116 Å². The average Bonchev–Trinajstić information content (AvgIpc) is 2.99. The van der Waals surface area contributed by atoms with Crippen molar-refractivity contribution in [2.24, 2.45) is 11.8 Å². The van der Waals surface area contributed by atoms with Gasteiger partial charge in [0.1, 0.15) is 0 Å². The highest BCUT2D eigenvalue weighted by Crippen LogP contribution is 2.33. The average molecular weight is 279 g/mol. The zero-order chi connectivity index (χ0) is 13.6. The summed E-state index contributed by atoms with van der Waals surface area (Å²) < 4.78 is 0. The van der Waals surface area contributed by atoms with Crippen molar-refractivity contribution in [2.45, 2.75) is 26.2 Å². The summed E-state index contributed by atoms with van der Waals surface area (Å²) in [6.45, 7) is 2.80. The number of aliphatic carboxylic acids is 1. The molecule has 1 amide bonds. The molecule has 1 aliphatic heterocycles. The van der Waals surface area contributed by atoms with Crippen LogP contribution >= 0.6 is 11.3 Å². The lowest BCUT2D eigenvalue weighted by Gasteiger charge is -2.14. The monoisotopic (exact) mass is 279 g/mol. The number of carbonyl (C=O) groups excluding carboxylic acids is 1. The topological polar surface area (TPSA) is 57.6 Å². The van der Waals surface area contributed by atoms with Crippen molar-refractivity contribution in [1.29, 1.82) is 0 Å². The molecule has 1 saturated heterocycles. The van der Waals surface area contributed by atoms with Gasteiger partial charge < -0.3 is 10.0 Å². The summed E-state index contributed by atoms with van der Waals surface area (Å²) in [6, 6.07) is 2.01. The molecule has 102 valence electrons. The molecular weight excluding hydrogens is 262 g/mol. The van der Waals surface area contributed by atoms with Gasteiger partial charge in [-0.05, 0) is 36.8 Å². The van der Waals surface area contributed by atoms with Crippen molar-refractivity contribution < 1.29 is 14.7 Å². The SMILES string of the molecule is CC1CN(C(=O)c2cc3c(s2)CCC3)CC1C(=O)O. The van der Waals surface area contributed by atoms with E-state index in [4.69, 9.17) is 5.11 Å². The summed E-state index contributed by atoms with van der Waals surface area (Å²) in [6.07, 6.45) is 3.35. The van der Waals surface area contributed by atoms with Gasteiger partial charge in [0.25, 0.3) is 5.91 Å². The lowest BCUT2D eigenvalue weighted by molar-refractivity contribution is -0.142. The molecule has 0 spiro atoms. The van der Waals surface area contributed by atoms with E-state index < -0.39 is 11.9 Å². The van der Waals surface area contributed by atoms with Crippen LogP contribution in [0.15, 0.2) is 6.07 Å². The predicted octanol–water partition coefficient (Wildman–Crippen LogP) is 2.03. The van der Waals surface area contributed by atoms with E-state index in [0.717, 1.165) is 17.7 Å². The Balaban J connectivity index is 1.76. The molecule has 5 heteroatoms. The van der Waals surface area contributed by atoms with Crippen molar-refractivity contribution in [2.75, 3.05) is 13.1 Å². The number of carboxylic acid groups (broad SMARTS) is 1. The minimum atomic E-state index is -0.795. The molecule has 1 aliphatic carbocycles. The highest BCUT2D eigenvalue weighted by Gasteiger charge is 2.37. The van der Waals surface area contributed by atoms with Gasteiger partial charge in [0.2, 0.25) is 0 Å². The number of aryl methyl sites for hydroxylation is 2. The van der Waals surface area contributed by atoms with Gasteiger partial charge in [-0.25, -0.2) is 0 Å². The fourth-order valence-electron chi connectivity index (χ4n) is 3.04. The van der Waals surface area contributed by atoms with Crippen LogP contribution in [0.3, 0.4) is 0 Å². The summed E-state index contributed by atoms with van der Waals surface area (Å²) in [5.74, 6) is -1.17. The van der Waals surface area contributed by atoms with Crippen LogP contribution in [-0.4, -0.2) is 35.0 Å². The van der Waals surface area contributed by atoms with Crippen LogP contribution in [0.4, 0.5) is 0 Å². The van der Waals surface area contributed by atoms with Gasteiger partial charge in [0, 0.05) is 18.0 Å². The maximum absolute atomic E-state index is 12.4. The van der Waals surface area contributed by atoms with E-state index in [1.807, 2.05) is 13.0 Å². The van der Waals surface area contributed by atoms with Gasteiger partial charge in [0.15, 0.2) is 0 Å². The molecule has 2 unspecified atom stereocenters. The molecule has 0 bridgehead atoms. The van der Waals surface area contributed by atoms with Crippen LogP contribution in [0, 0.1) is 11.8 Å². The highest BCUT2D eigenvalue weighted by atomic mass is 32.1. The number of amides is 1. The zero-order valence-electron chi connectivity index (χ0n) is 10.9. The second-order valence-corrected chi connectivity index (χ2v) is 6.68. The van der Waals surface area contributed by atoms with Gasteiger partial charge in [-0.15, -0.1) is 11.3 Å². The Kier molecular flexibility index (Phi) is 3.09. The van der Waals surface area contributed by atoms with Crippen molar-refractivity contribution in [3.05, 3.63) is 21.4 Å². The summed E-state index contributed by atoms with van der Waals surface area (Å²) in [7, 11) is 0. The first-order valence-corrected chi connectivity index (χ1v) is 7.51. The molecule has 4 nitrogen and oxygen atoms in total. The van der Waals surface area contributed by atoms with Crippen molar-refractivity contribution in [3.8, 4) is 0 Å². The third kappa shape index (κ3) is 2.16. The fourth-order valence-corrected chi connectivity index (χ4v) is 4.27. The third-order valence-corrected chi connectivity index (χ3v) is 5.40. The minimum absolute atomic E-state index is 0.00926. The van der Waals surface area contributed by atoms with E-state index in [2.05, 4.69) is 0 Å². The van der Waals surface area contributed by atoms with Gasteiger partial charge in [-0.2, -0.15) is 0 Å². The van der Waals surface area contributed by atoms with Crippen LogP contribution in [0.5, 0.6) is 0 Å². The molecular formula is C14H17NO3S. The first-order chi connectivity index (χ1) is 9.06. The number of likely N-dealkylation sites (tertiary alicyclic amines) is 1. The quantitative estimate of drug-likeness (QED) is 0.901. The summed E-state index contributed by atoms with van der Waals surface area (Å²) in [5, 5.41) is 9.11. The molecule has 2 atom stereocenters. The molecule has 1 fully saturated rings. The Morgan fingerprint density at radius 2 is 2.16 bits per heavy atom. The number of carboxylic acids is 1. The molecule has 2 heterocycles. The molecule has 2 aliphatic rings. The van der Waals surface area contributed by atoms with Gasteiger partial charge in [0.05, 0.1) is 10.8 Å². The number of thiophene rings is 1. The largest absolute Gasteiger partial charge is 0.481 e. The number of hydrogen-bond acceptors (Lipinski definition) is 3. The molecule has 0 aromatic carbocycles. The predicted molar refractivity (Wildman–Crippen MR) is 72.5 cm³/mol. The summed E-state index contributed by atoms with van der Waals surface area (Å²) in [5.41, 5.74) is 1.32. The number of carbonyl (C=O) groups is 2. The van der Waals surface area contributed by atoms with Crippen LogP contribution in [0.1, 0.15) is 33.5 Å². The molecule has 0 saturated carbocycles. The Morgan fingerprint density at radius 3 is 2.79 bits per heavy atom. The normalized spacial score (nSPS) is 25.6. The second-order valence-electron chi connectivity index (χ2n) is 5.54. The van der Waals surface area contributed by atoms with Crippen molar-refractivity contribution >= 4 is 23.2 Å². The number of fused-ring (bicyclic) bond motifs is 1. The summed E-state index contributed by atoms with van der Waals surface area (Å²) >= 11 is 1.59. The molecule has 1 aromatic rings. The van der Waals surface area contributed by atoms with Crippen LogP contribution in [0.25, 0.3) is 0 Å². The zero-order valence-corrected chi connectivity index (χ0v) is 11.7. The number of nitrogens with zero attached hydrogens (tertiary/aromatic N) is 1. The molecule has 1 aromatic heterocycles. The van der Waals surface area contributed by atoms with E-state index in [1.165, 1.54) is 16.9 Å². The summed E-state index contributed by atoms with van der Waals surface area (Å²) in [4.78, 5) is 27.3. The van der Waals surface area contributed by atoms with E-state index in [9.17, 15) is 9.59 Å². The van der Waals surface area contributed by atoms with E-state index >= 15 is 0 Å². The second kappa shape index (κ2) is 4.63. The smallest absolute Gasteiger partial charge is 0.308 e. The van der Waals surface area contributed by atoms with Crippen molar-refractivity contribution in [3.63, 3.8) is 0 Å². The maximum atomic E-state index is 12.4. The molecule has 19 heavy (non-hydrogen) atoms. The standard InChI is InChI=1S/C14H17NO3S/c1-8-6-15(7-10(8)14(17)18)13(16)12-5-9-3-2-4-11(9)19-12/h5,8,10H,2-4,6-7H2,1H3,(H,17,18). The van der Waals surface area contributed by atoms with Gasteiger partial charge >= 0.3 is 5.97 Å². The van der Waals surface area contributed by atoms with Crippen molar-refractivity contribution in [1.82, 2.24) is 4.90 Å². The first kappa shape index (κ1) is 12.7. The van der Waals surface area contributed by atoms with Crippen LogP contribution < -0.4 is 0 Å². The molecule has 1 N–H and O–H groups in total. The van der Waals surface area contributed by atoms with Gasteiger partial charge in [-0.3, -0.25) is 9.59 Å². The fraction of sp³-hybridized carbons (Fsp3) is 0.571. The third-order valence-electron chi connectivity index (χ3n) is 4.17. The van der Waals surface area contributed by atoms with E-state index in [0.29, 0.717) is 13.1 Å².